The van der Waals surface area contributed by atoms with Gasteiger partial charge in [-0.1, -0.05) is 37.6 Å². The lowest BCUT2D eigenvalue weighted by Gasteiger charge is -2.25. The smallest absolute Gasteiger partial charge is 0.188 e. The molecular weight excluding hydrogens is 349 g/mol. The number of nitrogens with zero attached hydrogens (tertiary/aromatic N) is 1. The molecule has 0 aliphatic heterocycles. The molecule has 3 N–H and O–H groups in total. The van der Waals surface area contributed by atoms with Gasteiger partial charge in [-0.2, -0.15) is 0 Å². The molecule has 1 aromatic carbocycles. The third kappa shape index (κ3) is 5.01. The first kappa shape index (κ1) is 16.3. The Labute approximate surface area is 133 Å². The Bertz CT molecular complexity index is 414. The number of benzene rings is 1. The van der Waals surface area contributed by atoms with Gasteiger partial charge in [0.05, 0.1) is 6.54 Å². The van der Waals surface area contributed by atoms with Crippen LogP contribution < -0.4 is 11.1 Å². The summed E-state index contributed by atoms with van der Waals surface area (Å²) in [5.74, 6) is 1.38. The highest BCUT2D eigenvalue weighted by Gasteiger charge is 2.16. The lowest BCUT2D eigenvalue weighted by Crippen LogP contribution is -2.37. The van der Waals surface area contributed by atoms with Gasteiger partial charge in [0, 0.05) is 6.54 Å². The van der Waals surface area contributed by atoms with E-state index in [0.717, 1.165) is 18.9 Å². The number of hydrogen-bond donors (Lipinski definition) is 2. The largest absolute Gasteiger partial charge is 0.370 e. The zero-order valence-corrected chi connectivity index (χ0v) is 13.9. The zero-order valence-electron chi connectivity index (χ0n) is 11.6. The van der Waals surface area contributed by atoms with Crippen LogP contribution in [0.15, 0.2) is 29.3 Å². The summed E-state index contributed by atoms with van der Waals surface area (Å²) in [4.78, 5) is 4.42. The summed E-state index contributed by atoms with van der Waals surface area (Å²) in [5, 5.41) is 3.22. The molecule has 4 heteroatoms. The molecule has 0 unspecified atom stereocenters. The van der Waals surface area contributed by atoms with Gasteiger partial charge >= 0.3 is 0 Å². The van der Waals surface area contributed by atoms with Crippen LogP contribution in [0.4, 0.5) is 0 Å². The SMILES string of the molecule is CCc1ccccc1CN=C(N)NCC1CCC1.I. The molecule has 1 saturated carbocycles. The van der Waals surface area contributed by atoms with Gasteiger partial charge in [-0.15, -0.1) is 24.0 Å². The van der Waals surface area contributed by atoms with E-state index in [9.17, 15) is 0 Å². The fourth-order valence-corrected chi connectivity index (χ4v) is 2.23. The first-order valence-corrected chi connectivity index (χ1v) is 6.90. The maximum absolute atomic E-state index is 5.88. The summed E-state index contributed by atoms with van der Waals surface area (Å²) in [5.41, 5.74) is 8.51. The van der Waals surface area contributed by atoms with E-state index in [-0.39, 0.29) is 24.0 Å². The summed E-state index contributed by atoms with van der Waals surface area (Å²) in [6.07, 6.45) is 5.08. The van der Waals surface area contributed by atoms with E-state index in [2.05, 4.69) is 41.5 Å². The molecule has 1 fully saturated rings. The average Bonchev–Trinajstić information content (AvgIpc) is 2.35. The van der Waals surface area contributed by atoms with Crippen LogP contribution in [-0.4, -0.2) is 12.5 Å². The number of guanidine groups is 1. The Morgan fingerprint density at radius 3 is 2.58 bits per heavy atom. The van der Waals surface area contributed by atoms with E-state index in [1.165, 1.54) is 30.4 Å². The molecule has 0 heterocycles. The van der Waals surface area contributed by atoms with Gasteiger partial charge in [-0.25, -0.2) is 4.99 Å². The number of rotatable bonds is 5. The first-order valence-electron chi connectivity index (χ1n) is 6.90. The van der Waals surface area contributed by atoms with Crippen molar-refractivity contribution in [1.82, 2.24) is 5.32 Å². The minimum absolute atomic E-state index is 0. The number of hydrogen-bond acceptors (Lipinski definition) is 1. The fraction of sp³-hybridized carbons (Fsp3) is 0.533. The maximum atomic E-state index is 5.88. The summed E-state index contributed by atoms with van der Waals surface area (Å²) in [6.45, 7) is 3.82. The molecule has 1 aliphatic rings. The lowest BCUT2D eigenvalue weighted by atomic mass is 9.85. The highest BCUT2D eigenvalue weighted by Crippen LogP contribution is 2.24. The molecule has 0 radical (unpaired) electrons. The Morgan fingerprint density at radius 2 is 2.00 bits per heavy atom. The molecule has 0 bridgehead atoms. The van der Waals surface area contributed by atoms with E-state index in [4.69, 9.17) is 5.73 Å². The molecule has 106 valence electrons. The summed E-state index contributed by atoms with van der Waals surface area (Å²) in [6, 6.07) is 8.41. The van der Waals surface area contributed by atoms with E-state index in [1.54, 1.807) is 0 Å². The van der Waals surface area contributed by atoms with Gasteiger partial charge in [0.1, 0.15) is 0 Å². The second kappa shape index (κ2) is 8.40. The normalized spacial score (nSPS) is 15.5. The van der Waals surface area contributed by atoms with Crippen molar-refractivity contribution in [3.05, 3.63) is 35.4 Å². The molecule has 0 spiro atoms. The Balaban J connectivity index is 0.00000180. The Hall–Kier alpha value is -0.780. The highest BCUT2D eigenvalue weighted by atomic mass is 127. The second-order valence-corrected chi connectivity index (χ2v) is 5.00. The minimum atomic E-state index is 0. The van der Waals surface area contributed by atoms with Gasteiger partial charge in [0.15, 0.2) is 5.96 Å². The number of aryl methyl sites for hydroxylation is 1. The molecule has 0 aromatic heterocycles. The van der Waals surface area contributed by atoms with Crippen LogP contribution >= 0.6 is 24.0 Å². The Morgan fingerprint density at radius 1 is 1.32 bits per heavy atom. The van der Waals surface area contributed by atoms with Gasteiger partial charge < -0.3 is 11.1 Å². The topological polar surface area (TPSA) is 50.4 Å². The molecule has 0 atom stereocenters. The van der Waals surface area contributed by atoms with Crippen LogP contribution in [0.3, 0.4) is 0 Å². The fourth-order valence-electron chi connectivity index (χ4n) is 2.23. The number of halogens is 1. The van der Waals surface area contributed by atoms with Crippen LogP contribution in [0.25, 0.3) is 0 Å². The van der Waals surface area contributed by atoms with Crippen molar-refractivity contribution in [3.63, 3.8) is 0 Å². The van der Waals surface area contributed by atoms with E-state index in [0.29, 0.717) is 12.5 Å². The summed E-state index contributed by atoms with van der Waals surface area (Å²) in [7, 11) is 0. The van der Waals surface area contributed by atoms with Crippen LogP contribution in [0.2, 0.25) is 0 Å². The van der Waals surface area contributed by atoms with Gasteiger partial charge in [0.25, 0.3) is 0 Å². The molecule has 0 amide bonds. The molecule has 0 saturated heterocycles. The van der Waals surface area contributed by atoms with Crippen LogP contribution in [0, 0.1) is 5.92 Å². The van der Waals surface area contributed by atoms with Crippen LogP contribution in [0.1, 0.15) is 37.3 Å². The van der Waals surface area contributed by atoms with E-state index in [1.807, 2.05) is 0 Å². The van der Waals surface area contributed by atoms with Crippen molar-refractivity contribution >= 4 is 29.9 Å². The van der Waals surface area contributed by atoms with Crippen molar-refractivity contribution in [2.45, 2.75) is 39.2 Å². The quantitative estimate of drug-likeness (QED) is 0.474. The van der Waals surface area contributed by atoms with Crippen molar-refractivity contribution in [3.8, 4) is 0 Å². The third-order valence-corrected chi connectivity index (χ3v) is 3.72. The van der Waals surface area contributed by atoms with E-state index < -0.39 is 0 Å². The van der Waals surface area contributed by atoms with Crippen LogP contribution in [-0.2, 0) is 13.0 Å². The van der Waals surface area contributed by atoms with Gasteiger partial charge in [-0.05, 0) is 36.3 Å². The van der Waals surface area contributed by atoms with Crippen molar-refractivity contribution in [2.75, 3.05) is 6.54 Å². The molecule has 3 nitrogen and oxygen atoms in total. The molecular formula is C15H24IN3. The number of aliphatic imine (C=N–C) groups is 1. The maximum Gasteiger partial charge on any atom is 0.188 e. The van der Waals surface area contributed by atoms with Gasteiger partial charge in [-0.3, -0.25) is 0 Å². The first-order chi connectivity index (χ1) is 8.79. The monoisotopic (exact) mass is 373 g/mol. The van der Waals surface area contributed by atoms with Gasteiger partial charge in [0.2, 0.25) is 0 Å². The highest BCUT2D eigenvalue weighted by molar-refractivity contribution is 14.0. The number of nitrogens with one attached hydrogen (secondary N) is 1. The summed E-state index contributed by atoms with van der Waals surface area (Å²) < 4.78 is 0. The molecule has 2 rings (SSSR count). The van der Waals surface area contributed by atoms with E-state index >= 15 is 0 Å². The number of nitrogens with two attached hydrogens (primary N) is 1. The molecule has 19 heavy (non-hydrogen) atoms. The standard InChI is InChI=1S/C15H23N3.HI/c1-2-13-8-3-4-9-14(13)11-18-15(16)17-10-12-6-5-7-12;/h3-4,8-9,12H,2,5-7,10-11H2,1H3,(H3,16,17,18);1H. The molecule has 1 aromatic rings. The average molecular weight is 373 g/mol. The van der Waals surface area contributed by atoms with Crippen molar-refractivity contribution in [2.24, 2.45) is 16.6 Å². The second-order valence-electron chi connectivity index (χ2n) is 5.00. The minimum Gasteiger partial charge on any atom is -0.370 e. The lowest BCUT2D eigenvalue weighted by molar-refractivity contribution is 0.315. The van der Waals surface area contributed by atoms with Crippen molar-refractivity contribution in [1.29, 1.82) is 0 Å². The third-order valence-electron chi connectivity index (χ3n) is 3.72. The predicted octanol–water partition coefficient (Wildman–Crippen LogP) is 3.07. The Kier molecular flexibility index (Phi) is 7.20. The molecule has 1 aliphatic carbocycles. The van der Waals surface area contributed by atoms with Crippen LogP contribution in [0.5, 0.6) is 0 Å². The zero-order chi connectivity index (χ0) is 12.8. The van der Waals surface area contributed by atoms with Crippen molar-refractivity contribution < 1.29 is 0 Å². The predicted molar refractivity (Wildman–Crippen MR) is 91.9 cm³/mol. The summed E-state index contributed by atoms with van der Waals surface area (Å²) >= 11 is 0.